The predicted molar refractivity (Wildman–Crippen MR) is 162 cm³/mol. The zero-order chi connectivity index (χ0) is 25.2. The summed E-state index contributed by atoms with van der Waals surface area (Å²) in [5.74, 6) is -3.13. The second kappa shape index (κ2) is 13.1. The summed E-state index contributed by atoms with van der Waals surface area (Å²) in [6.07, 6.45) is 14.4. The molecule has 0 heterocycles. The summed E-state index contributed by atoms with van der Waals surface area (Å²) < 4.78 is 0. The number of benzene rings is 3. The molecular weight excluding hydrogens is 463 g/mol. The molecule has 3 aromatic rings. The van der Waals surface area contributed by atoms with Crippen LogP contribution in [0.15, 0.2) is 72.8 Å². The first-order valence-electron chi connectivity index (χ1n) is 13.8. The van der Waals surface area contributed by atoms with E-state index in [0.29, 0.717) is 0 Å². The average molecular weight is 509 g/mol. The van der Waals surface area contributed by atoms with Crippen molar-refractivity contribution < 1.29 is 0 Å². The van der Waals surface area contributed by atoms with E-state index in [4.69, 9.17) is 11.2 Å². The van der Waals surface area contributed by atoms with Gasteiger partial charge in [-0.2, -0.15) is 0 Å². The van der Waals surface area contributed by atoms with Gasteiger partial charge in [0.15, 0.2) is 0 Å². The number of hydrogen-bond acceptors (Lipinski definition) is 0. The molecular formula is C33H46ClP. The fraction of sp³-hybridized carbons (Fsp3) is 0.455. The third kappa shape index (κ3) is 6.78. The van der Waals surface area contributed by atoms with Gasteiger partial charge in [-0.3, -0.25) is 0 Å². The van der Waals surface area contributed by atoms with Crippen LogP contribution >= 0.6 is 17.2 Å². The Balaban J connectivity index is 1.88. The van der Waals surface area contributed by atoms with Crippen molar-refractivity contribution in [2.24, 2.45) is 0 Å². The number of rotatable bonds is 14. The molecule has 3 rings (SSSR count). The van der Waals surface area contributed by atoms with Crippen LogP contribution in [0, 0.1) is 20.8 Å². The standard InChI is InChI=1S/C33H46ClP/c1-5-6-7-8-9-10-11-12-13-14-27-35(34,31-21-15-28(2)16-22-31,32-23-17-29(3)18-24-32)33-25-19-30(4)20-26-33/h15-26H,5-14,27H2,1-4H3. The Morgan fingerprint density at radius 3 is 1.06 bits per heavy atom. The molecule has 0 amide bonds. The summed E-state index contributed by atoms with van der Waals surface area (Å²) in [6.45, 7) is 8.77. The van der Waals surface area contributed by atoms with Gasteiger partial charge in [-0.05, 0) is 0 Å². The van der Waals surface area contributed by atoms with Crippen molar-refractivity contribution in [1.82, 2.24) is 0 Å². The molecule has 0 aliphatic rings. The van der Waals surface area contributed by atoms with Gasteiger partial charge in [0, 0.05) is 0 Å². The normalized spacial score (nSPS) is 12.9. The molecule has 190 valence electrons. The quantitative estimate of drug-likeness (QED) is 0.150. The first-order valence-corrected chi connectivity index (χ1v) is 17.2. The molecule has 2 heteroatoms. The summed E-state index contributed by atoms with van der Waals surface area (Å²) in [4.78, 5) is 0. The van der Waals surface area contributed by atoms with Crippen molar-refractivity contribution in [3.05, 3.63) is 89.5 Å². The molecule has 0 bridgehead atoms. The molecule has 0 nitrogen and oxygen atoms in total. The van der Waals surface area contributed by atoms with Crippen LogP contribution in [0.5, 0.6) is 0 Å². The van der Waals surface area contributed by atoms with E-state index in [1.54, 1.807) is 0 Å². The SMILES string of the molecule is CCCCCCCCCCCCP(Cl)(c1ccc(C)cc1)(c1ccc(C)cc1)c1ccc(C)cc1. The Labute approximate surface area is 220 Å². The van der Waals surface area contributed by atoms with Gasteiger partial charge < -0.3 is 0 Å². The van der Waals surface area contributed by atoms with E-state index in [1.165, 1.54) is 90.4 Å². The Kier molecular flexibility index (Phi) is 10.4. The monoisotopic (exact) mass is 508 g/mol. The molecule has 0 N–H and O–H groups in total. The van der Waals surface area contributed by atoms with E-state index in [-0.39, 0.29) is 0 Å². The number of halogens is 1. The summed E-state index contributed by atoms with van der Waals surface area (Å²) in [7, 11) is 0. The first kappa shape index (κ1) is 28.0. The van der Waals surface area contributed by atoms with E-state index in [9.17, 15) is 0 Å². The van der Waals surface area contributed by atoms with Gasteiger partial charge in [0.25, 0.3) is 0 Å². The second-order valence-electron chi connectivity index (χ2n) is 10.6. The van der Waals surface area contributed by atoms with Gasteiger partial charge in [-0.1, -0.05) is 0 Å². The maximum atomic E-state index is 8.27. The van der Waals surface area contributed by atoms with Crippen molar-refractivity contribution in [3.63, 3.8) is 0 Å². The first-order chi connectivity index (χ1) is 16.9. The summed E-state index contributed by atoms with van der Waals surface area (Å²) >= 11 is 8.27. The molecule has 0 aromatic heterocycles. The topological polar surface area (TPSA) is 0 Å². The zero-order valence-corrected chi connectivity index (χ0v) is 24.2. The van der Waals surface area contributed by atoms with E-state index < -0.39 is 5.96 Å². The van der Waals surface area contributed by atoms with Crippen molar-refractivity contribution >= 4 is 33.1 Å². The molecule has 0 unspecified atom stereocenters. The molecule has 0 aliphatic carbocycles. The van der Waals surface area contributed by atoms with Crippen molar-refractivity contribution in [3.8, 4) is 0 Å². The van der Waals surface area contributed by atoms with Crippen molar-refractivity contribution in [2.75, 3.05) is 6.16 Å². The van der Waals surface area contributed by atoms with Crippen LogP contribution in [0.25, 0.3) is 0 Å². The van der Waals surface area contributed by atoms with Gasteiger partial charge >= 0.3 is 221 Å². The van der Waals surface area contributed by atoms with Crippen LogP contribution in [-0.4, -0.2) is 6.16 Å². The Bertz CT molecular complexity index is 905. The molecule has 35 heavy (non-hydrogen) atoms. The molecule has 0 saturated carbocycles. The minimum atomic E-state index is -3.13. The number of unbranched alkanes of at least 4 members (excludes halogenated alkanes) is 9. The molecule has 0 saturated heterocycles. The third-order valence-corrected chi connectivity index (χ3v) is 15.2. The van der Waals surface area contributed by atoms with Crippen LogP contribution in [0.3, 0.4) is 0 Å². The Hall–Kier alpha value is -1.62. The maximum absolute atomic E-state index is 8.27. The molecule has 0 fully saturated rings. The zero-order valence-electron chi connectivity index (χ0n) is 22.5. The van der Waals surface area contributed by atoms with Gasteiger partial charge in [0.1, 0.15) is 0 Å². The molecule has 0 spiro atoms. The fourth-order valence-corrected chi connectivity index (χ4v) is 11.5. The Morgan fingerprint density at radius 2 is 0.743 bits per heavy atom. The van der Waals surface area contributed by atoms with Gasteiger partial charge in [0.05, 0.1) is 0 Å². The summed E-state index contributed by atoms with van der Waals surface area (Å²) in [5.41, 5.74) is 3.84. The molecule has 0 aliphatic heterocycles. The van der Waals surface area contributed by atoms with Gasteiger partial charge in [-0.25, -0.2) is 0 Å². The molecule has 0 radical (unpaired) electrons. The van der Waals surface area contributed by atoms with Gasteiger partial charge in [-0.15, -0.1) is 0 Å². The van der Waals surface area contributed by atoms with Crippen LogP contribution in [0.1, 0.15) is 87.8 Å². The van der Waals surface area contributed by atoms with E-state index in [2.05, 4.69) is 100 Å². The molecule has 3 aromatic carbocycles. The average Bonchev–Trinajstić information content (AvgIpc) is 2.86. The second-order valence-corrected chi connectivity index (χ2v) is 17.2. The molecule has 0 atom stereocenters. The van der Waals surface area contributed by atoms with Crippen LogP contribution < -0.4 is 15.9 Å². The van der Waals surface area contributed by atoms with E-state index in [0.717, 1.165) is 12.6 Å². The number of aryl methyl sites for hydroxylation is 3. The van der Waals surface area contributed by atoms with Crippen LogP contribution in [-0.2, 0) is 0 Å². The summed E-state index contributed by atoms with van der Waals surface area (Å²) in [6, 6.07) is 27.2. The van der Waals surface area contributed by atoms with Crippen molar-refractivity contribution in [2.45, 2.75) is 91.9 Å². The summed E-state index contributed by atoms with van der Waals surface area (Å²) in [5, 5.41) is 3.89. The van der Waals surface area contributed by atoms with Crippen LogP contribution in [0.4, 0.5) is 0 Å². The van der Waals surface area contributed by atoms with E-state index in [1.807, 2.05) is 0 Å². The van der Waals surface area contributed by atoms with Crippen LogP contribution in [0.2, 0.25) is 0 Å². The predicted octanol–water partition coefficient (Wildman–Crippen LogP) is 9.52. The van der Waals surface area contributed by atoms with Gasteiger partial charge in [0.2, 0.25) is 0 Å². The van der Waals surface area contributed by atoms with Crippen molar-refractivity contribution in [1.29, 1.82) is 0 Å². The number of hydrogen-bond donors (Lipinski definition) is 0. The third-order valence-electron chi connectivity index (χ3n) is 7.65. The minimum absolute atomic E-state index is 1.01. The van der Waals surface area contributed by atoms with E-state index >= 15 is 0 Å². The Morgan fingerprint density at radius 1 is 0.457 bits per heavy atom. The fourth-order valence-electron chi connectivity index (χ4n) is 5.30.